The lowest BCUT2D eigenvalue weighted by molar-refractivity contribution is 0.590. The molecule has 103 heavy (non-hydrogen) atoms. The van der Waals surface area contributed by atoms with E-state index >= 15 is 0 Å². The number of fused-ring (bicyclic) bond motifs is 11. The molecule has 510 valence electrons. The number of rotatable bonds is 12. The molecule has 0 amide bonds. The maximum Gasteiger partial charge on any atom is 0.145 e. The van der Waals surface area contributed by atoms with Gasteiger partial charge in [0.2, 0.25) is 0 Å². The Labute approximate surface area is 610 Å². The third kappa shape index (κ3) is 11.5. The molecule has 5 heteroatoms. The normalized spacial score (nSPS) is 14.2. The second-order valence-corrected chi connectivity index (χ2v) is 38.9. The summed E-state index contributed by atoms with van der Waals surface area (Å²) in [6, 6.07) is 111. The summed E-state index contributed by atoms with van der Waals surface area (Å²) in [7, 11) is -1.86. The Morgan fingerprint density at radius 3 is 1.07 bits per heavy atom. The highest BCUT2D eigenvalue weighted by atomic mass is 28.3. The fraction of sp³-hybridized carbons (Fsp3) is 0.204. The van der Waals surface area contributed by atoms with E-state index in [4.69, 9.17) is 4.42 Å². The van der Waals surface area contributed by atoms with Gasteiger partial charge in [-0.25, -0.2) is 0 Å². The molecule has 0 radical (unpaired) electrons. The van der Waals surface area contributed by atoms with Gasteiger partial charge in [-0.15, -0.1) is 0 Å². The van der Waals surface area contributed by atoms with Crippen LogP contribution in [0.1, 0.15) is 128 Å². The fourth-order valence-electron chi connectivity index (χ4n) is 16.2. The van der Waals surface area contributed by atoms with Crippen LogP contribution >= 0.6 is 0 Å². The molecular weight excluding hydrogens is 1260 g/mol. The zero-order chi connectivity index (χ0) is 71.7. The molecule has 0 saturated heterocycles. The van der Waals surface area contributed by atoms with Crippen molar-refractivity contribution >= 4 is 119 Å². The van der Waals surface area contributed by atoms with Crippen molar-refractivity contribution in [2.24, 2.45) is 0 Å². The summed E-state index contributed by atoms with van der Waals surface area (Å²) in [5, 5.41) is 10.5. The maximum absolute atomic E-state index is 7.82. The standard InChI is InChI=1S/C98H93N3OSi/c1-94(2,3)66-38-50-72(51-39-66)99(73-52-40-67(41-53-73)95(4,5)6)74-58-46-70(47-59-74)98(71-48-60-77(61-49-71)103(13,14)15)83-62-87(100(75-54-42-68(43-55-75)96(7,8)9)85-35-24-28-64-26-16-18-30-78(64)85)80-32-20-21-33-81(80)90(83)92-84(98)63-88(91-82-34-22-23-37-89(82)102-93(91)92)101(76-56-44-69(45-57-76)97(10,11)12)86-36-25-29-65-27-17-19-31-79(65)86/h16-63H,1-15H3. The quantitative estimate of drug-likeness (QED) is 0.114. The van der Waals surface area contributed by atoms with Gasteiger partial charge in [-0.3, -0.25) is 0 Å². The molecule has 15 aromatic rings. The summed E-state index contributed by atoms with van der Waals surface area (Å²) >= 11 is 0. The number of nitrogens with zero attached hydrogens (tertiary/aromatic N) is 3. The lowest BCUT2D eigenvalue weighted by Crippen LogP contribution is -2.38. The van der Waals surface area contributed by atoms with Crippen LogP contribution in [0.3, 0.4) is 0 Å². The van der Waals surface area contributed by atoms with Crippen molar-refractivity contribution in [2.45, 2.75) is 130 Å². The summed E-state index contributed by atoms with van der Waals surface area (Å²) in [5.41, 5.74) is 22.3. The Balaban J connectivity index is 1.07. The van der Waals surface area contributed by atoms with Crippen LogP contribution in [0.2, 0.25) is 19.6 Å². The third-order valence-corrected chi connectivity index (χ3v) is 24.0. The molecule has 1 heterocycles. The van der Waals surface area contributed by atoms with E-state index in [1.165, 1.54) is 54.7 Å². The monoisotopic (exact) mass is 1360 g/mol. The largest absolute Gasteiger partial charge is 0.455 e. The van der Waals surface area contributed by atoms with Crippen LogP contribution in [-0.2, 0) is 27.1 Å². The Morgan fingerprint density at radius 2 is 0.631 bits per heavy atom. The highest BCUT2D eigenvalue weighted by Crippen LogP contribution is 2.64. The second kappa shape index (κ2) is 24.8. The zero-order valence-corrected chi connectivity index (χ0v) is 63.5. The molecule has 1 aliphatic carbocycles. The Bertz CT molecular complexity index is 5660. The van der Waals surface area contributed by atoms with Crippen molar-refractivity contribution < 1.29 is 4.42 Å². The third-order valence-electron chi connectivity index (χ3n) is 21.9. The van der Waals surface area contributed by atoms with Crippen molar-refractivity contribution in [3.8, 4) is 11.1 Å². The molecule has 0 aliphatic heterocycles. The molecule has 0 N–H and O–H groups in total. The lowest BCUT2D eigenvalue weighted by atomic mass is 9.67. The van der Waals surface area contributed by atoms with E-state index in [2.05, 4.69) is 409 Å². The Kier molecular flexibility index (Phi) is 16.1. The first-order valence-electron chi connectivity index (χ1n) is 36.8. The van der Waals surface area contributed by atoms with Gasteiger partial charge in [-0.05, 0) is 179 Å². The van der Waals surface area contributed by atoms with E-state index in [0.29, 0.717) is 0 Å². The molecule has 0 spiro atoms. The molecule has 14 aromatic carbocycles. The van der Waals surface area contributed by atoms with Gasteiger partial charge in [0.05, 0.1) is 41.6 Å². The highest BCUT2D eigenvalue weighted by Gasteiger charge is 2.50. The van der Waals surface area contributed by atoms with Gasteiger partial charge in [0, 0.05) is 55.5 Å². The van der Waals surface area contributed by atoms with Crippen molar-refractivity contribution in [2.75, 3.05) is 14.7 Å². The van der Waals surface area contributed by atoms with Gasteiger partial charge < -0.3 is 19.1 Å². The average molecular weight is 1360 g/mol. The highest BCUT2D eigenvalue weighted by molar-refractivity contribution is 6.88. The van der Waals surface area contributed by atoms with E-state index in [9.17, 15) is 0 Å². The van der Waals surface area contributed by atoms with Crippen LogP contribution in [0.4, 0.5) is 51.2 Å². The first-order valence-corrected chi connectivity index (χ1v) is 40.3. The minimum Gasteiger partial charge on any atom is -0.455 e. The first kappa shape index (κ1) is 66.8. The molecular formula is C98H93N3OSi. The van der Waals surface area contributed by atoms with Crippen LogP contribution in [0.15, 0.2) is 296 Å². The number of anilines is 9. The number of hydrogen-bond acceptors (Lipinski definition) is 4. The zero-order valence-electron chi connectivity index (χ0n) is 62.5. The molecule has 16 rings (SSSR count). The molecule has 1 aliphatic rings. The minimum absolute atomic E-state index is 0.0145. The summed E-state index contributed by atoms with van der Waals surface area (Å²) in [6.07, 6.45) is 0. The van der Waals surface area contributed by atoms with Gasteiger partial charge >= 0.3 is 0 Å². The summed E-state index contributed by atoms with van der Waals surface area (Å²) in [5.74, 6) is 0. The average Bonchev–Trinajstić information content (AvgIpc) is 1.51. The summed E-state index contributed by atoms with van der Waals surface area (Å²) < 4.78 is 7.82. The van der Waals surface area contributed by atoms with Crippen LogP contribution in [0.25, 0.3) is 65.4 Å². The second-order valence-electron chi connectivity index (χ2n) is 33.8. The van der Waals surface area contributed by atoms with E-state index in [1.807, 2.05) is 0 Å². The molecule has 0 bridgehead atoms. The van der Waals surface area contributed by atoms with Gasteiger partial charge in [0.1, 0.15) is 11.2 Å². The summed E-state index contributed by atoms with van der Waals surface area (Å²) in [6.45, 7) is 35.0. The SMILES string of the molecule is CC(C)(C)c1ccc(N(c2ccc(C(C)(C)C)cc2)c2ccc(C3(c4ccc([Si](C)(C)C)cc4)c4cc(N(c5ccc(C(C)(C)C)cc5)c5cccc6ccccc56)c5ccccc5c4-c4c3cc(N(c3ccc(C(C)(C)C)cc3)c3cccc5ccccc35)c3c4oc4ccccc43)cc2)cc1. The number of furan rings is 1. The molecule has 1 unspecified atom stereocenters. The van der Waals surface area contributed by atoms with Gasteiger partial charge in [0.25, 0.3) is 0 Å². The smallest absolute Gasteiger partial charge is 0.145 e. The van der Waals surface area contributed by atoms with Crippen molar-refractivity contribution in [3.05, 3.63) is 336 Å². The topological polar surface area (TPSA) is 22.9 Å². The summed E-state index contributed by atoms with van der Waals surface area (Å²) in [4.78, 5) is 7.55. The fourth-order valence-corrected chi connectivity index (χ4v) is 17.4. The molecule has 1 aromatic heterocycles. The lowest BCUT2D eigenvalue weighted by Gasteiger charge is -2.37. The van der Waals surface area contributed by atoms with Crippen molar-refractivity contribution in [3.63, 3.8) is 0 Å². The minimum atomic E-state index is -1.86. The number of para-hydroxylation sites is 1. The Morgan fingerprint density at radius 1 is 0.291 bits per heavy atom. The molecule has 1 atom stereocenters. The van der Waals surface area contributed by atoms with Crippen LogP contribution in [0, 0.1) is 0 Å². The predicted octanol–water partition coefficient (Wildman–Crippen LogP) is 27.6. The van der Waals surface area contributed by atoms with Crippen molar-refractivity contribution in [1.82, 2.24) is 0 Å². The van der Waals surface area contributed by atoms with Gasteiger partial charge in [0.15, 0.2) is 0 Å². The van der Waals surface area contributed by atoms with Crippen LogP contribution in [-0.4, -0.2) is 8.07 Å². The first-order chi connectivity index (χ1) is 49.2. The predicted molar refractivity (Wildman–Crippen MR) is 445 cm³/mol. The van der Waals surface area contributed by atoms with E-state index in [1.54, 1.807) is 0 Å². The van der Waals surface area contributed by atoms with Crippen LogP contribution < -0.4 is 19.9 Å². The van der Waals surface area contributed by atoms with Gasteiger partial charge in [-0.2, -0.15) is 0 Å². The van der Waals surface area contributed by atoms with Gasteiger partial charge in [-0.1, -0.05) is 308 Å². The maximum atomic E-state index is 7.82. The Hall–Kier alpha value is -10.7. The van der Waals surface area contributed by atoms with E-state index in [0.717, 1.165) is 112 Å². The van der Waals surface area contributed by atoms with E-state index < -0.39 is 13.5 Å². The number of benzene rings is 14. The van der Waals surface area contributed by atoms with Crippen LogP contribution in [0.5, 0.6) is 0 Å². The molecule has 0 fully saturated rings. The molecule has 4 nitrogen and oxygen atoms in total. The number of hydrogen-bond donors (Lipinski definition) is 0. The van der Waals surface area contributed by atoms with E-state index in [-0.39, 0.29) is 21.7 Å². The van der Waals surface area contributed by atoms with Crippen molar-refractivity contribution in [1.29, 1.82) is 0 Å². The molecule has 0 saturated carbocycles.